The predicted octanol–water partition coefficient (Wildman–Crippen LogP) is 1.86. The average Bonchev–Trinajstić information content (AvgIpc) is 2.82. The number of carbonyl (C=O) groups is 1. The van der Waals surface area contributed by atoms with Gasteiger partial charge in [-0.2, -0.15) is 4.31 Å². The molecule has 0 aliphatic carbocycles. The van der Waals surface area contributed by atoms with E-state index < -0.39 is 15.8 Å². The Kier molecular flexibility index (Phi) is 8.05. The number of sulfonamides is 1. The number of carbonyl (C=O) groups excluding carboxylic acids is 1. The average molecular weight is 466 g/mol. The van der Waals surface area contributed by atoms with Crippen LogP contribution in [0.1, 0.15) is 12.0 Å². The fourth-order valence-corrected chi connectivity index (χ4v) is 5.09. The number of piperazine rings is 1. The zero-order chi connectivity index (χ0) is 23.1. The summed E-state index contributed by atoms with van der Waals surface area (Å²) < 4.78 is 52.3. The molecule has 2 aromatic rings. The van der Waals surface area contributed by atoms with Crippen LogP contribution in [-0.2, 0) is 21.4 Å². The first-order valence-electron chi connectivity index (χ1n) is 10.3. The van der Waals surface area contributed by atoms with Crippen LogP contribution in [0.2, 0.25) is 0 Å². The number of ether oxygens (including phenoxy) is 2. The molecular weight excluding hydrogens is 437 g/mol. The van der Waals surface area contributed by atoms with Crippen molar-refractivity contribution in [3.05, 3.63) is 53.8 Å². The van der Waals surface area contributed by atoms with E-state index in [0.717, 1.165) is 0 Å². The lowest BCUT2D eigenvalue weighted by atomic mass is 10.2. The third-order valence-electron chi connectivity index (χ3n) is 5.31. The minimum atomic E-state index is -4.06. The standard InChI is InChI=1S/C22H28FN3O5S/c1-30-19-7-8-20(31-2)21(15-19)32(28,29)26(16-17-3-5-18(23)6-4-17)12-9-22(27)25-13-10-24-11-14-25/h3-8,15,24H,9-14,16H2,1-2H3. The molecule has 0 bridgehead atoms. The van der Waals surface area contributed by atoms with Gasteiger partial charge in [0.05, 0.1) is 14.2 Å². The molecule has 10 heteroatoms. The van der Waals surface area contributed by atoms with Crippen LogP contribution >= 0.6 is 0 Å². The monoisotopic (exact) mass is 465 g/mol. The van der Waals surface area contributed by atoms with Gasteiger partial charge in [0.2, 0.25) is 15.9 Å². The smallest absolute Gasteiger partial charge is 0.247 e. The lowest BCUT2D eigenvalue weighted by Crippen LogP contribution is -2.47. The Morgan fingerprint density at radius 3 is 2.41 bits per heavy atom. The quantitative estimate of drug-likeness (QED) is 0.608. The summed E-state index contributed by atoms with van der Waals surface area (Å²) in [5.41, 5.74) is 0.603. The van der Waals surface area contributed by atoms with Crippen LogP contribution < -0.4 is 14.8 Å². The number of hydrogen-bond acceptors (Lipinski definition) is 6. The highest BCUT2D eigenvalue weighted by atomic mass is 32.2. The molecule has 2 aromatic carbocycles. The van der Waals surface area contributed by atoms with E-state index in [-0.39, 0.29) is 36.1 Å². The van der Waals surface area contributed by atoms with Gasteiger partial charge < -0.3 is 19.7 Å². The zero-order valence-corrected chi connectivity index (χ0v) is 19.0. The van der Waals surface area contributed by atoms with Gasteiger partial charge in [0, 0.05) is 51.8 Å². The second-order valence-electron chi connectivity index (χ2n) is 7.36. The first kappa shape index (κ1) is 24.0. The van der Waals surface area contributed by atoms with Crippen LogP contribution in [-0.4, -0.2) is 70.5 Å². The van der Waals surface area contributed by atoms with Crippen LogP contribution in [0.3, 0.4) is 0 Å². The largest absolute Gasteiger partial charge is 0.497 e. The molecule has 1 N–H and O–H groups in total. The van der Waals surface area contributed by atoms with Crippen molar-refractivity contribution < 1.29 is 27.1 Å². The lowest BCUT2D eigenvalue weighted by Gasteiger charge is -2.29. The number of hydrogen-bond donors (Lipinski definition) is 1. The summed E-state index contributed by atoms with van der Waals surface area (Å²) in [5, 5.41) is 3.18. The van der Waals surface area contributed by atoms with E-state index in [0.29, 0.717) is 37.5 Å². The number of amides is 1. The molecule has 1 amide bonds. The third-order valence-corrected chi connectivity index (χ3v) is 7.17. The number of nitrogens with one attached hydrogen (secondary N) is 1. The van der Waals surface area contributed by atoms with Gasteiger partial charge in [-0.25, -0.2) is 12.8 Å². The second-order valence-corrected chi connectivity index (χ2v) is 9.27. The zero-order valence-electron chi connectivity index (χ0n) is 18.2. The van der Waals surface area contributed by atoms with E-state index >= 15 is 0 Å². The van der Waals surface area contributed by atoms with Gasteiger partial charge in [0.1, 0.15) is 22.2 Å². The minimum Gasteiger partial charge on any atom is -0.497 e. The van der Waals surface area contributed by atoms with Crippen molar-refractivity contribution in [3.63, 3.8) is 0 Å². The van der Waals surface area contributed by atoms with Gasteiger partial charge in [-0.3, -0.25) is 4.79 Å². The Labute approximate surface area is 188 Å². The minimum absolute atomic E-state index is 0.0161. The maximum atomic E-state index is 13.6. The summed E-state index contributed by atoms with van der Waals surface area (Å²) in [6, 6.07) is 10.1. The predicted molar refractivity (Wildman–Crippen MR) is 118 cm³/mol. The van der Waals surface area contributed by atoms with Crippen molar-refractivity contribution in [2.24, 2.45) is 0 Å². The van der Waals surface area contributed by atoms with Crippen LogP contribution in [0.15, 0.2) is 47.4 Å². The summed E-state index contributed by atoms with van der Waals surface area (Å²) in [6.45, 7) is 2.57. The summed E-state index contributed by atoms with van der Waals surface area (Å²) in [7, 11) is -1.23. The fourth-order valence-electron chi connectivity index (χ4n) is 3.50. The van der Waals surface area contributed by atoms with Crippen molar-refractivity contribution in [2.45, 2.75) is 17.9 Å². The molecule has 1 fully saturated rings. The highest BCUT2D eigenvalue weighted by Gasteiger charge is 2.30. The first-order valence-corrected chi connectivity index (χ1v) is 11.7. The molecule has 0 spiro atoms. The molecule has 0 radical (unpaired) electrons. The molecule has 1 aliphatic heterocycles. The maximum absolute atomic E-state index is 13.6. The molecular formula is C22H28FN3O5S. The van der Waals surface area contributed by atoms with Crippen molar-refractivity contribution in [1.29, 1.82) is 0 Å². The summed E-state index contributed by atoms with van der Waals surface area (Å²) in [6.07, 6.45) is 0.0344. The molecule has 1 saturated heterocycles. The molecule has 174 valence electrons. The van der Waals surface area contributed by atoms with Crippen molar-refractivity contribution in [1.82, 2.24) is 14.5 Å². The van der Waals surface area contributed by atoms with Crippen molar-refractivity contribution >= 4 is 15.9 Å². The van der Waals surface area contributed by atoms with Gasteiger partial charge in [-0.1, -0.05) is 12.1 Å². The molecule has 0 atom stereocenters. The van der Waals surface area contributed by atoms with E-state index in [1.54, 1.807) is 11.0 Å². The molecule has 0 unspecified atom stereocenters. The van der Waals surface area contributed by atoms with E-state index in [1.807, 2.05) is 0 Å². The Hall–Kier alpha value is -2.69. The van der Waals surface area contributed by atoms with E-state index in [2.05, 4.69) is 5.32 Å². The maximum Gasteiger partial charge on any atom is 0.247 e. The summed E-state index contributed by atoms with van der Waals surface area (Å²) in [4.78, 5) is 14.3. The van der Waals surface area contributed by atoms with Crippen LogP contribution in [0.25, 0.3) is 0 Å². The summed E-state index contributed by atoms with van der Waals surface area (Å²) in [5.74, 6) is 0.0151. The van der Waals surface area contributed by atoms with Gasteiger partial charge in [-0.15, -0.1) is 0 Å². The van der Waals surface area contributed by atoms with Crippen LogP contribution in [0.5, 0.6) is 11.5 Å². The highest BCUT2D eigenvalue weighted by Crippen LogP contribution is 2.31. The van der Waals surface area contributed by atoms with Gasteiger partial charge in [-0.05, 0) is 29.8 Å². The number of benzene rings is 2. The molecule has 8 nitrogen and oxygen atoms in total. The van der Waals surface area contributed by atoms with E-state index in [9.17, 15) is 17.6 Å². The molecule has 0 saturated carbocycles. The van der Waals surface area contributed by atoms with E-state index in [1.165, 1.54) is 54.9 Å². The molecule has 0 aromatic heterocycles. The Morgan fingerprint density at radius 1 is 1.09 bits per heavy atom. The number of methoxy groups -OCH3 is 2. The highest BCUT2D eigenvalue weighted by molar-refractivity contribution is 7.89. The molecule has 1 aliphatic rings. The number of halogens is 1. The first-order chi connectivity index (χ1) is 15.3. The topological polar surface area (TPSA) is 88.2 Å². The van der Waals surface area contributed by atoms with Crippen molar-refractivity contribution in [3.8, 4) is 11.5 Å². The Morgan fingerprint density at radius 2 is 1.78 bits per heavy atom. The van der Waals surface area contributed by atoms with Gasteiger partial charge >= 0.3 is 0 Å². The normalized spacial score (nSPS) is 14.4. The summed E-state index contributed by atoms with van der Waals surface area (Å²) >= 11 is 0. The van der Waals surface area contributed by atoms with Crippen molar-refractivity contribution in [2.75, 3.05) is 46.9 Å². The number of nitrogens with zero attached hydrogens (tertiary/aromatic N) is 2. The SMILES string of the molecule is COc1ccc(OC)c(S(=O)(=O)N(CCC(=O)N2CCNCC2)Cc2ccc(F)cc2)c1. The van der Waals surface area contributed by atoms with Gasteiger partial charge in [0.15, 0.2) is 0 Å². The molecule has 32 heavy (non-hydrogen) atoms. The third kappa shape index (κ3) is 5.76. The Balaban J connectivity index is 1.89. The van der Waals surface area contributed by atoms with Crippen LogP contribution in [0, 0.1) is 5.82 Å². The van der Waals surface area contributed by atoms with Gasteiger partial charge in [0.25, 0.3) is 0 Å². The second kappa shape index (κ2) is 10.8. The lowest BCUT2D eigenvalue weighted by molar-refractivity contribution is -0.131. The van der Waals surface area contributed by atoms with Crippen LogP contribution in [0.4, 0.5) is 4.39 Å². The fraction of sp³-hybridized carbons (Fsp3) is 0.409. The Bertz CT molecular complexity index is 1020. The molecule has 1 heterocycles. The van der Waals surface area contributed by atoms with E-state index in [4.69, 9.17) is 9.47 Å². The molecule has 3 rings (SSSR count). The number of rotatable bonds is 9.